The third kappa shape index (κ3) is 20.0. The van der Waals surface area contributed by atoms with E-state index in [1.54, 1.807) is 0 Å². The minimum atomic E-state index is -0.318. The normalized spacial score (nSPS) is 16.1. The number of nitrogens with one attached hydrogen (secondary N) is 2. The summed E-state index contributed by atoms with van der Waals surface area (Å²) in [7, 11) is 0. The molecule has 1 aliphatic heterocycles. The molecule has 0 aromatic rings. The van der Waals surface area contributed by atoms with Gasteiger partial charge >= 0.3 is 0 Å². The summed E-state index contributed by atoms with van der Waals surface area (Å²) in [5.41, 5.74) is -0.318. The topological polar surface area (TPSA) is 67.4 Å². The van der Waals surface area contributed by atoms with Crippen LogP contribution in [-0.4, -0.2) is 37.6 Å². The Balaban J connectivity index is 0.000000956. The van der Waals surface area contributed by atoms with E-state index in [-0.39, 0.29) is 17.4 Å². The maximum atomic E-state index is 11.8. The summed E-state index contributed by atoms with van der Waals surface area (Å²) >= 11 is 0. The average molecular weight is 413 g/mol. The largest absolute Gasteiger partial charge is 0.462 e. The van der Waals surface area contributed by atoms with Crippen LogP contribution in [0.5, 0.6) is 0 Å². The molecule has 1 heterocycles. The molecule has 0 radical (unpaired) electrons. The number of unbranched alkanes of at least 4 members (excludes halogenated alkanes) is 11. The molecule has 2 N–H and O–H groups in total. The maximum absolute atomic E-state index is 11.8. The van der Waals surface area contributed by atoms with E-state index < -0.39 is 0 Å². The maximum Gasteiger partial charge on any atom is 0.293 e. The summed E-state index contributed by atoms with van der Waals surface area (Å²) in [6, 6.07) is 0. The first-order chi connectivity index (χ1) is 13.9. The Bertz CT molecular complexity index is 388. The highest BCUT2D eigenvalue weighted by molar-refractivity contribution is 5.79. The predicted molar refractivity (Wildman–Crippen MR) is 122 cm³/mol. The number of carbonyl (C=O) groups excluding carboxylic acids is 2. The zero-order chi connectivity index (χ0) is 21.8. The third-order valence-electron chi connectivity index (χ3n) is 5.16. The molecule has 1 fully saturated rings. The first-order valence-electron chi connectivity index (χ1n) is 12.0. The summed E-state index contributed by atoms with van der Waals surface area (Å²) in [5.74, 6) is 0.477. The van der Waals surface area contributed by atoms with Crippen LogP contribution in [0.1, 0.15) is 111 Å². The Morgan fingerprint density at radius 1 is 0.966 bits per heavy atom. The molecule has 0 bridgehead atoms. The minimum Gasteiger partial charge on any atom is -0.462 e. The van der Waals surface area contributed by atoms with Crippen molar-refractivity contribution < 1.29 is 14.3 Å². The standard InChI is InChI=1S/C19H38N2O.C5H10O2/c1-2-3-4-5-6-7-8-9-10-11-12-13-15-21-19(22)18-14-16-20-17-18;1-5(2,3)7-4-6/h18,20H,2-17H2,1H3,(H,21,22);4H,1-3H3/t18-;/m1./s1. The van der Waals surface area contributed by atoms with Crippen molar-refractivity contribution in [1.29, 1.82) is 0 Å². The fourth-order valence-electron chi connectivity index (χ4n) is 3.34. The summed E-state index contributed by atoms with van der Waals surface area (Å²) in [5, 5.41) is 6.32. The molecule has 0 spiro atoms. The van der Waals surface area contributed by atoms with Gasteiger partial charge in [-0.1, -0.05) is 77.6 Å². The predicted octanol–water partition coefficient (Wildman–Crippen LogP) is 5.37. The van der Waals surface area contributed by atoms with Gasteiger partial charge in [0.25, 0.3) is 6.47 Å². The fraction of sp³-hybridized carbons (Fsp3) is 0.917. The van der Waals surface area contributed by atoms with Crippen LogP contribution in [0.2, 0.25) is 0 Å². The number of carbonyl (C=O) groups is 2. The Morgan fingerprint density at radius 3 is 1.86 bits per heavy atom. The summed E-state index contributed by atoms with van der Waals surface area (Å²) < 4.78 is 4.55. The highest BCUT2D eigenvalue weighted by Gasteiger charge is 2.21. The van der Waals surface area contributed by atoms with Crippen molar-refractivity contribution in [3.05, 3.63) is 0 Å². The van der Waals surface area contributed by atoms with E-state index in [1.165, 1.54) is 70.6 Å². The van der Waals surface area contributed by atoms with Crippen molar-refractivity contribution in [2.45, 2.75) is 117 Å². The molecule has 0 saturated carbocycles. The minimum absolute atomic E-state index is 0.220. The van der Waals surface area contributed by atoms with Crippen LogP contribution in [0, 0.1) is 5.92 Å². The molecule has 1 aliphatic rings. The number of ether oxygens (including phenoxy) is 1. The third-order valence-corrected chi connectivity index (χ3v) is 5.16. The van der Waals surface area contributed by atoms with Gasteiger partial charge in [0.15, 0.2) is 0 Å². The van der Waals surface area contributed by atoms with Gasteiger partial charge in [0.1, 0.15) is 5.60 Å². The van der Waals surface area contributed by atoms with Gasteiger partial charge in [0.05, 0.1) is 5.92 Å². The van der Waals surface area contributed by atoms with Crippen LogP contribution in [0.3, 0.4) is 0 Å². The molecule has 1 saturated heterocycles. The molecule has 1 atom stereocenters. The summed E-state index contributed by atoms with van der Waals surface area (Å²) in [6.07, 6.45) is 17.4. The van der Waals surface area contributed by atoms with E-state index >= 15 is 0 Å². The first-order valence-corrected chi connectivity index (χ1v) is 12.0. The second kappa shape index (κ2) is 18.9. The molecule has 0 aromatic heterocycles. The van der Waals surface area contributed by atoms with Crippen LogP contribution in [-0.2, 0) is 14.3 Å². The number of amides is 1. The van der Waals surface area contributed by atoms with Gasteiger partial charge in [-0.2, -0.15) is 0 Å². The molecule has 29 heavy (non-hydrogen) atoms. The molecule has 0 aliphatic carbocycles. The number of hydrogen-bond donors (Lipinski definition) is 2. The molecular formula is C24H48N2O3. The van der Waals surface area contributed by atoms with E-state index in [0.717, 1.165) is 32.5 Å². The van der Waals surface area contributed by atoms with E-state index in [1.807, 2.05) is 20.8 Å². The lowest BCUT2D eigenvalue weighted by molar-refractivity contribution is -0.138. The average Bonchev–Trinajstić information content (AvgIpc) is 3.20. The van der Waals surface area contributed by atoms with Crippen molar-refractivity contribution in [2.24, 2.45) is 5.92 Å². The van der Waals surface area contributed by atoms with Gasteiger partial charge in [-0.05, 0) is 40.2 Å². The molecule has 5 heteroatoms. The summed E-state index contributed by atoms with van der Waals surface area (Å²) in [4.78, 5) is 21.4. The van der Waals surface area contributed by atoms with Crippen molar-refractivity contribution in [1.82, 2.24) is 10.6 Å². The van der Waals surface area contributed by atoms with Crippen molar-refractivity contribution in [3.63, 3.8) is 0 Å². The molecular weight excluding hydrogens is 364 g/mol. The van der Waals surface area contributed by atoms with Gasteiger partial charge in [0.2, 0.25) is 5.91 Å². The Labute approximate surface area is 180 Å². The van der Waals surface area contributed by atoms with E-state index in [4.69, 9.17) is 0 Å². The van der Waals surface area contributed by atoms with Crippen molar-refractivity contribution in [2.75, 3.05) is 19.6 Å². The van der Waals surface area contributed by atoms with Crippen LogP contribution in [0.4, 0.5) is 0 Å². The van der Waals surface area contributed by atoms with E-state index in [2.05, 4.69) is 22.3 Å². The van der Waals surface area contributed by atoms with Crippen LogP contribution in [0.15, 0.2) is 0 Å². The number of rotatable bonds is 15. The van der Waals surface area contributed by atoms with Crippen LogP contribution < -0.4 is 10.6 Å². The van der Waals surface area contributed by atoms with Crippen LogP contribution >= 0.6 is 0 Å². The quantitative estimate of drug-likeness (QED) is 0.280. The lowest BCUT2D eigenvalue weighted by Gasteiger charge is -2.14. The zero-order valence-electron chi connectivity index (χ0n) is 19.7. The zero-order valence-corrected chi connectivity index (χ0v) is 19.7. The van der Waals surface area contributed by atoms with Gasteiger partial charge in [-0.15, -0.1) is 0 Å². The van der Waals surface area contributed by atoms with Gasteiger partial charge < -0.3 is 15.4 Å². The molecule has 1 rings (SSSR count). The van der Waals surface area contributed by atoms with Gasteiger partial charge in [-0.25, -0.2) is 0 Å². The fourth-order valence-corrected chi connectivity index (χ4v) is 3.34. The number of hydrogen-bond acceptors (Lipinski definition) is 4. The van der Waals surface area contributed by atoms with Crippen LogP contribution in [0.25, 0.3) is 0 Å². The van der Waals surface area contributed by atoms with Crippen molar-refractivity contribution >= 4 is 12.4 Å². The molecule has 5 nitrogen and oxygen atoms in total. The van der Waals surface area contributed by atoms with E-state index in [9.17, 15) is 9.59 Å². The SMILES string of the molecule is CC(C)(C)OC=O.CCCCCCCCCCCCCCNC(=O)[C@@H]1CCNC1. The second-order valence-corrected chi connectivity index (χ2v) is 9.20. The Kier molecular flexibility index (Phi) is 18.2. The highest BCUT2D eigenvalue weighted by atomic mass is 16.5. The van der Waals surface area contributed by atoms with E-state index in [0.29, 0.717) is 6.47 Å². The summed E-state index contributed by atoms with van der Waals surface area (Å²) in [6.45, 7) is 10.9. The first kappa shape index (κ1) is 27.9. The molecule has 172 valence electrons. The lowest BCUT2D eigenvalue weighted by atomic mass is 10.1. The Hall–Kier alpha value is -1.10. The molecule has 0 unspecified atom stereocenters. The molecule has 0 aromatic carbocycles. The van der Waals surface area contributed by atoms with Gasteiger partial charge in [0, 0.05) is 13.1 Å². The monoisotopic (exact) mass is 412 g/mol. The smallest absolute Gasteiger partial charge is 0.293 e. The highest BCUT2D eigenvalue weighted by Crippen LogP contribution is 2.12. The van der Waals surface area contributed by atoms with Gasteiger partial charge in [-0.3, -0.25) is 9.59 Å². The lowest BCUT2D eigenvalue weighted by Crippen LogP contribution is -2.32. The second-order valence-electron chi connectivity index (χ2n) is 9.20. The van der Waals surface area contributed by atoms with Crippen molar-refractivity contribution in [3.8, 4) is 0 Å². The molecule has 1 amide bonds. The Morgan fingerprint density at radius 2 is 1.48 bits per heavy atom.